The van der Waals surface area contributed by atoms with Crippen LogP contribution in [-0.4, -0.2) is 47.4 Å². The summed E-state index contributed by atoms with van der Waals surface area (Å²) in [4.78, 5) is -4.09. The fraction of sp³-hybridized carbons (Fsp3) is 0.111. The Morgan fingerprint density at radius 2 is 0.943 bits per heavy atom. The zero-order valence-corrected chi connectivity index (χ0v) is 30.5. The average Bonchev–Trinajstić information content (AvgIpc) is 3.35. The van der Waals surface area contributed by atoms with E-state index < -0.39 is 61.0 Å². The van der Waals surface area contributed by atoms with E-state index in [4.69, 9.17) is 0 Å². The van der Waals surface area contributed by atoms with Crippen LogP contribution >= 0.6 is 0 Å². The maximum atomic E-state index is 14.4. The number of rotatable bonds is 10. The van der Waals surface area contributed by atoms with Gasteiger partial charge in [0.05, 0.1) is 11.4 Å². The Bertz CT molecular complexity index is 2700. The van der Waals surface area contributed by atoms with E-state index in [1.165, 1.54) is 12.1 Å². The monoisotopic (exact) mass is 770 g/mol. The summed E-state index contributed by atoms with van der Waals surface area (Å²) >= 11 is 0. The van der Waals surface area contributed by atoms with Gasteiger partial charge in [0.1, 0.15) is 42.3 Å². The Morgan fingerprint density at radius 3 is 1.32 bits per heavy atom. The van der Waals surface area contributed by atoms with E-state index >= 15 is 0 Å². The van der Waals surface area contributed by atoms with Gasteiger partial charge in [0.2, 0.25) is 9.84 Å². The number of sulfone groups is 1. The molecule has 0 spiro atoms. The molecular formula is C36H30N6O8S3. The number of nitrogens with zero attached hydrogens (tertiary/aromatic N) is 4. The highest BCUT2D eigenvalue weighted by Crippen LogP contribution is 2.53. The van der Waals surface area contributed by atoms with E-state index in [0.29, 0.717) is 46.6 Å². The first-order valence-electron chi connectivity index (χ1n) is 16.1. The van der Waals surface area contributed by atoms with Crippen molar-refractivity contribution in [2.24, 2.45) is 20.5 Å². The third-order valence-corrected chi connectivity index (χ3v) is 12.6. The van der Waals surface area contributed by atoms with Gasteiger partial charge in [-0.25, -0.2) is 8.42 Å². The molecule has 4 N–H and O–H groups in total. The molecule has 6 aromatic carbocycles. The zero-order chi connectivity index (χ0) is 37.7. The molecule has 270 valence electrons. The van der Waals surface area contributed by atoms with Crippen LogP contribution in [0.15, 0.2) is 137 Å². The molecule has 0 unspecified atom stereocenters. The van der Waals surface area contributed by atoms with Gasteiger partial charge in [0.15, 0.2) is 0 Å². The van der Waals surface area contributed by atoms with Gasteiger partial charge in [-0.15, -0.1) is 20.5 Å². The molecule has 17 heteroatoms. The quantitative estimate of drug-likeness (QED) is 0.0764. The first-order valence-corrected chi connectivity index (χ1v) is 20.5. The fourth-order valence-electron chi connectivity index (χ4n) is 6.42. The van der Waals surface area contributed by atoms with Crippen LogP contribution in [0, 0.1) is 0 Å². The normalized spacial score (nSPS) is 13.9. The first kappa shape index (κ1) is 35.8. The standard InChI is InChI=1S/C36H30N6O8S3/c1-3-37-27-17-13-21-9-5-7-11-23(21)31(27)41-39-29-19-15-25-26-16-20-30(40-42-32-24-12-8-6-10-22(24)14-18-28(32)38-4-2)36(53(48,49)50)34(26)51(43,44)33(25)35(29)52(45,46)47/h5-20,37-38H,3-4H2,1-2H3,(H,45,46,47)(H,48,49,50). The molecule has 0 aliphatic carbocycles. The van der Waals surface area contributed by atoms with E-state index in [1.54, 1.807) is 36.4 Å². The molecule has 0 saturated heterocycles. The molecule has 0 aromatic heterocycles. The summed E-state index contributed by atoms with van der Waals surface area (Å²) in [6.07, 6.45) is 0. The van der Waals surface area contributed by atoms with Crippen molar-refractivity contribution in [3.05, 3.63) is 97.1 Å². The summed E-state index contributed by atoms with van der Waals surface area (Å²) in [6, 6.07) is 26.5. The Labute approximate surface area is 304 Å². The van der Waals surface area contributed by atoms with E-state index in [2.05, 4.69) is 31.1 Å². The number of benzene rings is 6. The lowest BCUT2D eigenvalue weighted by molar-refractivity contribution is 0.479. The molecule has 14 nitrogen and oxygen atoms in total. The first-order chi connectivity index (χ1) is 25.3. The van der Waals surface area contributed by atoms with Crippen LogP contribution in [0.2, 0.25) is 0 Å². The molecule has 0 bridgehead atoms. The van der Waals surface area contributed by atoms with Gasteiger partial charge < -0.3 is 10.6 Å². The Morgan fingerprint density at radius 1 is 0.547 bits per heavy atom. The lowest BCUT2D eigenvalue weighted by atomic mass is 10.0. The van der Waals surface area contributed by atoms with Crippen LogP contribution in [0.1, 0.15) is 13.8 Å². The van der Waals surface area contributed by atoms with E-state index in [-0.39, 0.29) is 11.1 Å². The summed E-state index contributed by atoms with van der Waals surface area (Å²) in [5.41, 5.74) is 0.214. The van der Waals surface area contributed by atoms with Gasteiger partial charge in [0.25, 0.3) is 20.2 Å². The summed E-state index contributed by atoms with van der Waals surface area (Å²) in [5.74, 6) is 0. The maximum absolute atomic E-state index is 14.4. The predicted molar refractivity (Wildman–Crippen MR) is 202 cm³/mol. The van der Waals surface area contributed by atoms with E-state index in [0.717, 1.165) is 22.9 Å². The highest BCUT2D eigenvalue weighted by atomic mass is 32.2. The van der Waals surface area contributed by atoms with Crippen LogP contribution in [0.25, 0.3) is 32.7 Å². The van der Waals surface area contributed by atoms with E-state index in [1.807, 2.05) is 50.2 Å². The van der Waals surface area contributed by atoms with Crippen molar-refractivity contribution in [3.8, 4) is 11.1 Å². The van der Waals surface area contributed by atoms with Crippen LogP contribution < -0.4 is 10.6 Å². The van der Waals surface area contributed by atoms with Crippen molar-refractivity contribution in [2.45, 2.75) is 33.4 Å². The Kier molecular flexibility index (Phi) is 9.07. The maximum Gasteiger partial charge on any atom is 0.298 e. The minimum absolute atomic E-state index is 0.248. The average molecular weight is 771 g/mol. The van der Waals surface area contributed by atoms with E-state index in [9.17, 15) is 34.4 Å². The summed E-state index contributed by atoms with van der Waals surface area (Å²) < 4.78 is 102. The second kappa shape index (κ2) is 13.4. The van der Waals surface area contributed by atoms with Crippen LogP contribution in [0.4, 0.5) is 34.1 Å². The number of hydrogen-bond donors (Lipinski definition) is 4. The molecule has 0 radical (unpaired) electrons. The minimum Gasteiger partial charge on any atom is -0.384 e. The number of nitrogens with one attached hydrogen (secondary N) is 2. The second-order valence-corrected chi connectivity index (χ2v) is 16.4. The molecule has 7 rings (SSSR count). The van der Waals surface area contributed by atoms with Crippen molar-refractivity contribution in [3.63, 3.8) is 0 Å². The Hall–Kier alpha value is -5.59. The molecule has 6 aromatic rings. The van der Waals surface area contributed by atoms with Gasteiger partial charge in [-0.3, -0.25) is 9.11 Å². The van der Waals surface area contributed by atoms with Gasteiger partial charge >= 0.3 is 0 Å². The Balaban J connectivity index is 1.42. The molecule has 1 aliphatic rings. The highest BCUT2D eigenvalue weighted by molar-refractivity contribution is 7.94. The fourth-order valence-corrected chi connectivity index (χ4v) is 11.0. The summed E-state index contributed by atoms with van der Waals surface area (Å²) in [7, 11) is -15.8. The molecule has 0 atom stereocenters. The van der Waals surface area contributed by atoms with Gasteiger partial charge in [-0.1, -0.05) is 72.8 Å². The topological polar surface area (TPSA) is 216 Å². The number of fused-ring (bicyclic) bond motifs is 5. The molecule has 0 amide bonds. The largest absolute Gasteiger partial charge is 0.384 e. The third-order valence-electron chi connectivity index (χ3n) is 8.58. The second-order valence-electron chi connectivity index (χ2n) is 11.9. The van der Waals surface area contributed by atoms with Crippen molar-refractivity contribution in [1.29, 1.82) is 0 Å². The molecular weight excluding hydrogens is 741 g/mol. The number of anilines is 2. The van der Waals surface area contributed by atoms with Crippen LogP contribution in [0.5, 0.6) is 0 Å². The molecule has 1 heterocycles. The lowest BCUT2D eigenvalue weighted by Crippen LogP contribution is -2.10. The van der Waals surface area contributed by atoms with Gasteiger partial charge in [-0.05, 0) is 48.9 Å². The highest BCUT2D eigenvalue weighted by Gasteiger charge is 2.44. The molecule has 0 fully saturated rings. The molecule has 1 aliphatic heterocycles. The minimum atomic E-state index is -5.36. The smallest absolute Gasteiger partial charge is 0.298 e. The number of azo groups is 2. The molecule has 53 heavy (non-hydrogen) atoms. The van der Waals surface area contributed by atoms with Crippen LogP contribution in [0.3, 0.4) is 0 Å². The van der Waals surface area contributed by atoms with Crippen LogP contribution in [-0.2, 0) is 30.1 Å². The lowest BCUT2D eigenvalue weighted by Gasteiger charge is -2.11. The van der Waals surface area contributed by atoms with Crippen molar-refractivity contribution in [1.82, 2.24) is 0 Å². The van der Waals surface area contributed by atoms with Gasteiger partial charge in [0, 0.05) is 35.0 Å². The summed E-state index contributed by atoms with van der Waals surface area (Å²) in [5, 5.41) is 26.1. The third kappa shape index (κ3) is 6.31. The summed E-state index contributed by atoms with van der Waals surface area (Å²) in [6.45, 7) is 4.77. The van der Waals surface area contributed by atoms with Crippen molar-refractivity contribution in [2.75, 3.05) is 23.7 Å². The SMILES string of the molecule is CCNc1ccc2ccccc2c1N=Nc1ccc2c(c1S(=O)(=O)O)S(=O)(=O)c1c-2ccc(N=Nc2c(NCC)ccc3ccccc23)c1S(=O)(=O)O. The molecule has 0 saturated carbocycles. The van der Waals surface area contributed by atoms with Crippen molar-refractivity contribution >= 4 is 85.7 Å². The predicted octanol–water partition coefficient (Wildman–Crippen LogP) is 8.99. The zero-order valence-electron chi connectivity index (χ0n) is 28.0. The van der Waals surface area contributed by atoms with Gasteiger partial charge in [-0.2, -0.15) is 16.8 Å². The number of hydrogen-bond acceptors (Lipinski definition) is 12. The van der Waals surface area contributed by atoms with Crippen molar-refractivity contribution < 1.29 is 34.4 Å².